The van der Waals surface area contributed by atoms with Crippen molar-refractivity contribution < 1.29 is 32.6 Å². The number of ether oxygens (including phenoxy) is 1. The lowest BCUT2D eigenvalue weighted by Crippen LogP contribution is -2.33. The van der Waals surface area contributed by atoms with Crippen LogP contribution < -0.4 is 15.4 Å². The number of alkyl halides is 3. The van der Waals surface area contributed by atoms with Gasteiger partial charge < -0.3 is 20.5 Å². The number of aromatic nitrogens is 1. The molecule has 10 heteroatoms. The number of hydrogen-bond acceptors (Lipinski definition) is 5. The summed E-state index contributed by atoms with van der Waals surface area (Å²) in [7, 11) is 0. The number of hydrogen-bond donors (Lipinski definition) is 3. The van der Waals surface area contributed by atoms with Crippen LogP contribution in [0.15, 0.2) is 66.9 Å². The van der Waals surface area contributed by atoms with E-state index in [2.05, 4.69) is 29.5 Å². The Morgan fingerprint density at radius 1 is 1.00 bits per heavy atom. The van der Waals surface area contributed by atoms with Gasteiger partial charge in [0.2, 0.25) is 5.88 Å². The molecule has 38 heavy (non-hydrogen) atoms. The normalized spacial score (nSPS) is 12.9. The van der Waals surface area contributed by atoms with Gasteiger partial charge in [-0.15, -0.1) is 0 Å². The Bertz CT molecular complexity index is 1200. The van der Waals surface area contributed by atoms with E-state index in [9.17, 15) is 22.8 Å². The van der Waals surface area contributed by atoms with Crippen molar-refractivity contribution in [2.75, 3.05) is 18.5 Å². The minimum atomic E-state index is -4.38. The Labute approximate surface area is 219 Å². The molecular weight excluding hydrogens is 499 g/mol. The molecule has 2 atom stereocenters. The van der Waals surface area contributed by atoms with E-state index in [4.69, 9.17) is 9.84 Å². The van der Waals surface area contributed by atoms with Crippen LogP contribution in [-0.2, 0) is 11.0 Å². The lowest BCUT2D eigenvalue weighted by Gasteiger charge is -2.25. The fraction of sp³-hybridized carbons (Fsp3) is 0.321. The third kappa shape index (κ3) is 8.22. The Morgan fingerprint density at radius 3 is 2.21 bits per heavy atom. The molecule has 1 amide bonds. The Hall–Kier alpha value is -4.08. The molecule has 0 saturated carbocycles. The minimum absolute atomic E-state index is 0.0565. The van der Waals surface area contributed by atoms with Crippen molar-refractivity contribution in [2.45, 2.75) is 38.9 Å². The highest BCUT2D eigenvalue weighted by Crippen LogP contribution is 2.31. The molecule has 0 bridgehead atoms. The smallest absolute Gasteiger partial charge is 0.416 e. The predicted molar refractivity (Wildman–Crippen MR) is 138 cm³/mol. The average molecular weight is 530 g/mol. The molecule has 2 aromatic carbocycles. The van der Waals surface area contributed by atoms with Crippen LogP contribution in [0.25, 0.3) is 11.1 Å². The van der Waals surface area contributed by atoms with E-state index in [0.717, 1.165) is 24.2 Å². The van der Waals surface area contributed by atoms with Crippen LogP contribution in [0.3, 0.4) is 0 Å². The monoisotopic (exact) mass is 529 g/mol. The molecule has 1 heterocycles. The first-order chi connectivity index (χ1) is 18.1. The summed E-state index contributed by atoms with van der Waals surface area (Å²) in [6, 6.07) is 15.1. The van der Waals surface area contributed by atoms with E-state index in [0.29, 0.717) is 29.2 Å². The van der Waals surface area contributed by atoms with Crippen LogP contribution in [0.5, 0.6) is 5.88 Å². The number of carbonyl (C=O) groups is 2. The second-order valence-corrected chi connectivity index (χ2v) is 8.88. The Morgan fingerprint density at radius 2 is 1.66 bits per heavy atom. The maximum atomic E-state index is 12.8. The summed E-state index contributed by atoms with van der Waals surface area (Å²) in [6.45, 7) is 4.54. The van der Waals surface area contributed by atoms with Gasteiger partial charge in [-0.25, -0.2) is 4.98 Å². The quantitative estimate of drug-likeness (QED) is 0.271. The highest BCUT2D eigenvalue weighted by molar-refractivity contribution is 5.94. The molecule has 7 nitrogen and oxygen atoms in total. The molecule has 0 radical (unpaired) electrons. The summed E-state index contributed by atoms with van der Waals surface area (Å²) >= 11 is 0. The standard InChI is InChI=1S/C28H30F3N3O4/c1-3-18(2)24(34-23-11-6-20(7-12-23)27(37)32-15-14-26(35)36)17-38-25-13-8-21(16-33-25)19-4-9-22(10-5-19)28(29,30)31/h4-13,16,18,24,34H,3,14-15,17H2,1-2H3,(H,32,37)(H,35,36). The largest absolute Gasteiger partial charge is 0.481 e. The number of pyridine rings is 1. The Kier molecular flexibility index (Phi) is 9.70. The molecule has 3 N–H and O–H groups in total. The number of aliphatic carboxylic acids is 1. The predicted octanol–water partition coefficient (Wildman–Crippen LogP) is 5.88. The molecule has 202 valence electrons. The summed E-state index contributed by atoms with van der Waals surface area (Å²) in [5, 5.41) is 14.7. The van der Waals surface area contributed by atoms with Crippen LogP contribution >= 0.6 is 0 Å². The lowest BCUT2D eigenvalue weighted by atomic mass is 9.99. The number of carbonyl (C=O) groups excluding carboxylic acids is 1. The van der Waals surface area contributed by atoms with Gasteiger partial charge in [-0.2, -0.15) is 13.2 Å². The average Bonchev–Trinajstić information content (AvgIpc) is 2.90. The van der Waals surface area contributed by atoms with Gasteiger partial charge in [0.25, 0.3) is 5.91 Å². The van der Waals surface area contributed by atoms with Gasteiger partial charge in [0, 0.05) is 35.6 Å². The van der Waals surface area contributed by atoms with Crippen LogP contribution in [0.2, 0.25) is 0 Å². The van der Waals surface area contributed by atoms with Crippen molar-refractivity contribution in [2.24, 2.45) is 5.92 Å². The molecular formula is C28H30F3N3O4. The molecule has 3 aromatic rings. The number of nitrogens with zero attached hydrogens (tertiary/aromatic N) is 1. The van der Waals surface area contributed by atoms with Gasteiger partial charge in [-0.05, 0) is 53.9 Å². The fourth-order valence-electron chi connectivity index (χ4n) is 3.61. The highest BCUT2D eigenvalue weighted by Gasteiger charge is 2.30. The molecule has 0 aliphatic heterocycles. The number of carboxylic acid groups (broad SMARTS) is 1. The number of benzene rings is 2. The Balaban J connectivity index is 1.58. The summed E-state index contributed by atoms with van der Waals surface area (Å²) in [5.74, 6) is -0.677. The molecule has 0 aliphatic carbocycles. The second kappa shape index (κ2) is 12.9. The topological polar surface area (TPSA) is 101 Å². The molecule has 0 saturated heterocycles. The molecule has 3 rings (SSSR count). The molecule has 2 unspecified atom stereocenters. The summed E-state index contributed by atoms with van der Waals surface area (Å²) in [6.07, 6.45) is -2.07. The molecule has 0 aliphatic rings. The van der Waals surface area contributed by atoms with E-state index in [1.807, 2.05) is 0 Å². The minimum Gasteiger partial charge on any atom is -0.481 e. The van der Waals surface area contributed by atoms with Gasteiger partial charge >= 0.3 is 12.1 Å². The molecule has 0 fully saturated rings. The zero-order valence-electron chi connectivity index (χ0n) is 21.1. The van der Waals surface area contributed by atoms with Crippen molar-refractivity contribution in [1.82, 2.24) is 10.3 Å². The van der Waals surface area contributed by atoms with Crippen molar-refractivity contribution in [3.8, 4) is 17.0 Å². The van der Waals surface area contributed by atoms with Gasteiger partial charge in [0.15, 0.2) is 0 Å². The van der Waals surface area contributed by atoms with Gasteiger partial charge in [-0.3, -0.25) is 9.59 Å². The summed E-state index contributed by atoms with van der Waals surface area (Å²) in [4.78, 5) is 27.0. The van der Waals surface area contributed by atoms with E-state index in [1.54, 1.807) is 42.6 Å². The SMILES string of the molecule is CCC(C)C(COc1ccc(-c2ccc(C(F)(F)F)cc2)cn1)Nc1ccc(C(=O)NCCC(=O)O)cc1. The van der Waals surface area contributed by atoms with E-state index in [1.165, 1.54) is 12.1 Å². The van der Waals surface area contributed by atoms with Crippen molar-refractivity contribution in [1.29, 1.82) is 0 Å². The molecule has 0 spiro atoms. The maximum absolute atomic E-state index is 12.8. The van der Waals surface area contributed by atoms with Crippen LogP contribution in [-0.4, -0.2) is 41.2 Å². The van der Waals surface area contributed by atoms with Gasteiger partial charge in [-0.1, -0.05) is 32.4 Å². The van der Waals surface area contributed by atoms with Gasteiger partial charge in [0.1, 0.15) is 6.61 Å². The number of carboxylic acids is 1. The van der Waals surface area contributed by atoms with E-state index < -0.39 is 17.7 Å². The highest BCUT2D eigenvalue weighted by atomic mass is 19.4. The summed E-state index contributed by atoms with van der Waals surface area (Å²) in [5.41, 5.74) is 1.82. The van der Waals surface area contributed by atoms with E-state index in [-0.39, 0.29) is 30.8 Å². The first kappa shape index (κ1) is 28.5. The first-order valence-electron chi connectivity index (χ1n) is 12.2. The number of anilines is 1. The third-order valence-corrected chi connectivity index (χ3v) is 6.15. The first-order valence-corrected chi connectivity index (χ1v) is 12.2. The van der Waals surface area contributed by atoms with Crippen molar-refractivity contribution in [3.63, 3.8) is 0 Å². The van der Waals surface area contributed by atoms with Crippen LogP contribution in [0.4, 0.5) is 18.9 Å². The van der Waals surface area contributed by atoms with E-state index >= 15 is 0 Å². The number of amides is 1. The van der Waals surface area contributed by atoms with Crippen LogP contribution in [0, 0.1) is 5.92 Å². The lowest BCUT2D eigenvalue weighted by molar-refractivity contribution is -0.138. The number of nitrogens with one attached hydrogen (secondary N) is 2. The van der Waals surface area contributed by atoms with Gasteiger partial charge in [0.05, 0.1) is 18.0 Å². The van der Waals surface area contributed by atoms with Crippen molar-refractivity contribution in [3.05, 3.63) is 78.0 Å². The zero-order chi connectivity index (χ0) is 27.7. The van der Waals surface area contributed by atoms with Crippen LogP contribution in [0.1, 0.15) is 42.6 Å². The third-order valence-electron chi connectivity index (χ3n) is 6.15. The summed E-state index contributed by atoms with van der Waals surface area (Å²) < 4.78 is 44.3. The number of rotatable bonds is 12. The fourth-order valence-corrected chi connectivity index (χ4v) is 3.61. The number of halogens is 3. The second-order valence-electron chi connectivity index (χ2n) is 8.88. The maximum Gasteiger partial charge on any atom is 0.416 e. The van der Waals surface area contributed by atoms with Crippen molar-refractivity contribution >= 4 is 17.6 Å². The molecule has 1 aromatic heterocycles. The zero-order valence-corrected chi connectivity index (χ0v) is 21.1.